The maximum Gasteiger partial charge on any atom is 0.226 e. The van der Waals surface area contributed by atoms with Gasteiger partial charge in [-0.2, -0.15) is 0 Å². The van der Waals surface area contributed by atoms with Crippen LogP contribution in [-0.2, 0) is 20.9 Å². The van der Waals surface area contributed by atoms with Gasteiger partial charge >= 0.3 is 0 Å². The Hall–Kier alpha value is -1.72. The van der Waals surface area contributed by atoms with Gasteiger partial charge in [-0.05, 0) is 49.8 Å². The number of allylic oxidation sites excluding steroid dienone is 1. The first-order valence-electron chi connectivity index (χ1n) is 9.81. The first-order chi connectivity index (χ1) is 12.8. The van der Waals surface area contributed by atoms with E-state index in [1.807, 2.05) is 17.0 Å². The monoisotopic (exact) mass is 356 g/mol. The molecule has 1 aromatic heterocycles. The van der Waals surface area contributed by atoms with E-state index >= 15 is 0 Å². The van der Waals surface area contributed by atoms with E-state index in [1.54, 1.807) is 12.4 Å². The molecule has 0 bridgehead atoms. The van der Waals surface area contributed by atoms with Crippen LogP contribution in [-0.4, -0.2) is 47.7 Å². The number of carbonyl (C=O) groups excluding carboxylic acids is 1. The zero-order valence-electron chi connectivity index (χ0n) is 15.4. The van der Waals surface area contributed by atoms with Gasteiger partial charge in [-0.1, -0.05) is 11.6 Å². The highest BCUT2D eigenvalue weighted by Gasteiger charge is 2.54. The molecule has 2 aliphatic heterocycles. The number of hydrogen-bond donors (Lipinski definition) is 0. The molecule has 1 spiro atoms. The molecule has 3 aliphatic rings. The lowest BCUT2D eigenvalue weighted by atomic mass is 9.81. The van der Waals surface area contributed by atoms with Crippen LogP contribution in [0.5, 0.6) is 0 Å². The van der Waals surface area contributed by atoms with Crippen molar-refractivity contribution in [2.24, 2.45) is 5.92 Å². The van der Waals surface area contributed by atoms with Crippen LogP contribution in [0.4, 0.5) is 0 Å². The zero-order chi connectivity index (χ0) is 17.8. The van der Waals surface area contributed by atoms with Crippen LogP contribution in [0.15, 0.2) is 36.2 Å². The Kier molecular flexibility index (Phi) is 5.36. The number of ether oxygens (including phenoxy) is 2. The highest BCUT2D eigenvalue weighted by Crippen LogP contribution is 2.40. The van der Waals surface area contributed by atoms with Crippen molar-refractivity contribution in [2.45, 2.75) is 50.7 Å². The number of carbonyl (C=O) groups is 1. The third-order valence-electron chi connectivity index (χ3n) is 5.97. The molecule has 0 aromatic carbocycles. The van der Waals surface area contributed by atoms with Crippen molar-refractivity contribution in [1.29, 1.82) is 0 Å². The predicted octanol–water partition coefficient (Wildman–Crippen LogP) is 3.11. The Labute approximate surface area is 155 Å². The molecule has 26 heavy (non-hydrogen) atoms. The van der Waals surface area contributed by atoms with Gasteiger partial charge in [-0.15, -0.1) is 0 Å². The smallest absolute Gasteiger partial charge is 0.226 e. The van der Waals surface area contributed by atoms with Gasteiger partial charge in [-0.25, -0.2) is 0 Å². The highest BCUT2D eigenvalue weighted by atomic mass is 16.5. The van der Waals surface area contributed by atoms with E-state index in [0.29, 0.717) is 25.6 Å². The fourth-order valence-electron chi connectivity index (χ4n) is 4.32. The van der Waals surface area contributed by atoms with E-state index in [4.69, 9.17) is 9.47 Å². The molecule has 4 rings (SSSR count). The quantitative estimate of drug-likeness (QED) is 0.735. The van der Waals surface area contributed by atoms with E-state index < -0.39 is 0 Å². The molecule has 2 saturated heterocycles. The summed E-state index contributed by atoms with van der Waals surface area (Å²) in [6, 6.07) is 3.95. The van der Waals surface area contributed by atoms with Gasteiger partial charge in [0.2, 0.25) is 5.91 Å². The van der Waals surface area contributed by atoms with Crippen LogP contribution in [0.2, 0.25) is 0 Å². The molecule has 2 fully saturated rings. The first-order valence-corrected chi connectivity index (χ1v) is 9.81. The molecule has 0 N–H and O–H groups in total. The Morgan fingerprint density at radius 3 is 2.92 bits per heavy atom. The van der Waals surface area contributed by atoms with Crippen molar-refractivity contribution in [3.8, 4) is 0 Å². The Morgan fingerprint density at radius 1 is 1.31 bits per heavy atom. The van der Waals surface area contributed by atoms with Crippen molar-refractivity contribution >= 4 is 5.91 Å². The molecule has 1 aliphatic carbocycles. The van der Waals surface area contributed by atoms with Crippen molar-refractivity contribution in [2.75, 3.05) is 26.3 Å². The minimum Gasteiger partial charge on any atom is -0.376 e. The van der Waals surface area contributed by atoms with Gasteiger partial charge < -0.3 is 14.4 Å². The normalized spacial score (nSPS) is 24.4. The molecule has 140 valence electrons. The predicted molar refractivity (Wildman–Crippen MR) is 98.4 cm³/mol. The van der Waals surface area contributed by atoms with Crippen LogP contribution in [0.25, 0.3) is 0 Å². The minimum atomic E-state index is -0.172. The number of hydrogen-bond acceptors (Lipinski definition) is 4. The summed E-state index contributed by atoms with van der Waals surface area (Å²) in [4.78, 5) is 18.5. The summed E-state index contributed by atoms with van der Waals surface area (Å²) >= 11 is 0. The molecule has 1 amide bonds. The summed E-state index contributed by atoms with van der Waals surface area (Å²) in [7, 11) is 0. The molecule has 3 heterocycles. The second-order valence-electron chi connectivity index (χ2n) is 7.80. The lowest BCUT2D eigenvalue weighted by molar-refractivity contribution is -0.168. The van der Waals surface area contributed by atoms with Crippen LogP contribution in [0.3, 0.4) is 0 Å². The van der Waals surface area contributed by atoms with Gasteiger partial charge in [0.15, 0.2) is 0 Å². The first kappa shape index (κ1) is 17.7. The second kappa shape index (κ2) is 7.89. The van der Waals surface area contributed by atoms with Gasteiger partial charge in [0.05, 0.1) is 26.3 Å². The van der Waals surface area contributed by atoms with Crippen molar-refractivity contribution < 1.29 is 14.3 Å². The third kappa shape index (κ3) is 3.84. The van der Waals surface area contributed by atoms with E-state index in [9.17, 15) is 4.79 Å². The fraction of sp³-hybridized carbons (Fsp3) is 0.619. The van der Waals surface area contributed by atoms with Crippen LogP contribution in [0, 0.1) is 5.92 Å². The number of likely N-dealkylation sites (tertiary alicyclic amines) is 1. The van der Waals surface area contributed by atoms with E-state index in [-0.39, 0.29) is 11.5 Å². The molecule has 0 saturated carbocycles. The van der Waals surface area contributed by atoms with Gasteiger partial charge in [0.1, 0.15) is 5.60 Å². The lowest BCUT2D eigenvalue weighted by Gasteiger charge is -2.50. The summed E-state index contributed by atoms with van der Waals surface area (Å²) in [5.74, 6) is 0.637. The third-order valence-corrected chi connectivity index (χ3v) is 5.97. The van der Waals surface area contributed by atoms with Crippen molar-refractivity contribution in [3.63, 3.8) is 0 Å². The molecular weight excluding hydrogens is 328 g/mol. The molecule has 0 radical (unpaired) electrons. The Bertz CT molecular complexity index is 652. The average Bonchev–Trinajstić information content (AvgIpc) is 3.06. The standard InChI is InChI=1S/C21H28N2O3/c24-20(12-17-4-2-1-3-5-17)23-15-21(16-23)19(8-11-26-21)14-25-13-18-6-9-22-10-7-18/h4,6-7,9-10,19H,1-3,5,8,11-16H2. The lowest BCUT2D eigenvalue weighted by Crippen LogP contribution is -2.66. The summed E-state index contributed by atoms with van der Waals surface area (Å²) in [6.45, 7) is 3.52. The summed E-state index contributed by atoms with van der Waals surface area (Å²) in [5, 5.41) is 0. The zero-order valence-corrected chi connectivity index (χ0v) is 15.4. The topological polar surface area (TPSA) is 51.7 Å². The maximum atomic E-state index is 12.5. The number of nitrogens with zero attached hydrogens (tertiary/aromatic N) is 2. The highest BCUT2D eigenvalue weighted by molar-refractivity contribution is 5.80. The SMILES string of the molecule is O=C(CC1=CCCCC1)N1CC2(C1)OCCC2COCc1ccncc1. The number of amides is 1. The van der Waals surface area contributed by atoms with E-state index in [0.717, 1.165) is 44.5 Å². The largest absolute Gasteiger partial charge is 0.376 e. The average molecular weight is 356 g/mol. The van der Waals surface area contributed by atoms with Crippen LogP contribution in [0.1, 0.15) is 44.1 Å². The maximum absolute atomic E-state index is 12.5. The second-order valence-corrected chi connectivity index (χ2v) is 7.80. The molecule has 5 heteroatoms. The number of pyridine rings is 1. The molecule has 1 atom stereocenters. The fourth-order valence-corrected chi connectivity index (χ4v) is 4.32. The molecule has 5 nitrogen and oxygen atoms in total. The summed E-state index contributed by atoms with van der Waals surface area (Å²) in [6.07, 6.45) is 12.2. The van der Waals surface area contributed by atoms with Crippen LogP contribution < -0.4 is 0 Å². The van der Waals surface area contributed by atoms with Crippen molar-refractivity contribution in [3.05, 3.63) is 41.7 Å². The van der Waals surface area contributed by atoms with E-state index in [2.05, 4.69) is 11.1 Å². The minimum absolute atomic E-state index is 0.172. The molecular formula is C21H28N2O3. The van der Waals surface area contributed by atoms with Crippen LogP contribution >= 0.6 is 0 Å². The van der Waals surface area contributed by atoms with Gasteiger partial charge in [-0.3, -0.25) is 9.78 Å². The molecule has 1 aromatic rings. The Balaban J connectivity index is 1.25. The Morgan fingerprint density at radius 2 is 2.15 bits per heavy atom. The van der Waals surface area contributed by atoms with Crippen molar-refractivity contribution in [1.82, 2.24) is 9.88 Å². The summed E-state index contributed by atoms with van der Waals surface area (Å²) < 4.78 is 12.0. The summed E-state index contributed by atoms with van der Waals surface area (Å²) in [5.41, 5.74) is 2.29. The number of rotatable bonds is 6. The van der Waals surface area contributed by atoms with Gasteiger partial charge in [0.25, 0.3) is 0 Å². The number of aromatic nitrogens is 1. The van der Waals surface area contributed by atoms with E-state index in [1.165, 1.54) is 18.4 Å². The molecule has 1 unspecified atom stereocenters. The van der Waals surface area contributed by atoms with Gasteiger partial charge in [0, 0.05) is 31.3 Å².